The number of aromatic amines is 1. The van der Waals surface area contributed by atoms with E-state index in [4.69, 9.17) is 0 Å². The van der Waals surface area contributed by atoms with Gasteiger partial charge >= 0.3 is 0 Å². The molecule has 23 heavy (non-hydrogen) atoms. The predicted octanol–water partition coefficient (Wildman–Crippen LogP) is 3.45. The minimum Gasteiger partial charge on any atom is -0.372 e. The molecule has 2 N–H and O–H groups in total. The first-order valence-corrected chi connectivity index (χ1v) is 8.43. The van der Waals surface area contributed by atoms with Crippen LogP contribution in [0, 0.1) is 6.92 Å². The molecule has 1 aromatic heterocycles. The maximum atomic E-state index is 12.4. The third-order valence-electron chi connectivity index (χ3n) is 4.78. The average molecular weight is 310 g/mol. The number of rotatable bonds is 4. The maximum Gasteiger partial charge on any atom is 0.276 e. The molecule has 1 amide bonds. The van der Waals surface area contributed by atoms with E-state index in [9.17, 15) is 4.79 Å². The molecule has 2 aliphatic rings. The lowest BCUT2D eigenvalue weighted by atomic mass is 10.1. The van der Waals surface area contributed by atoms with Crippen molar-refractivity contribution in [1.29, 1.82) is 0 Å². The van der Waals surface area contributed by atoms with Gasteiger partial charge in [-0.2, -0.15) is 5.10 Å². The standard InChI is InChI=1S/C18H22N4O/c1-12-10-14(22-8-2-3-9-22)6-7-15(12)19-18(23)17-11-16(20-21-17)13-4-5-13/h6-7,10-11,13H,2-5,8-9H2,1H3,(H,19,23)(H,20,21). The van der Waals surface area contributed by atoms with Crippen LogP contribution >= 0.6 is 0 Å². The molecule has 2 fully saturated rings. The molecule has 0 spiro atoms. The van der Waals surface area contributed by atoms with E-state index < -0.39 is 0 Å². The van der Waals surface area contributed by atoms with Crippen LogP contribution in [0.1, 0.15) is 53.3 Å². The number of aromatic nitrogens is 2. The number of nitrogens with one attached hydrogen (secondary N) is 2. The zero-order chi connectivity index (χ0) is 15.8. The molecule has 1 aromatic carbocycles. The van der Waals surface area contributed by atoms with Gasteiger partial charge in [-0.1, -0.05) is 0 Å². The van der Waals surface area contributed by atoms with E-state index in [2.05, 4.69) is 32.5 Å². The van der Waals surface area contributed by atoms with Crippen LogP contribution in [0.3, 0.4) is 0 Å². The van der Waals surface area contributed by atoms with Gasteiger partial charge < -0.3 is 10.2 Å². The van der Waals surface area contributed by atoms with Crippen molar-refractivity contribution < 1.29 is 4.79 Å². The van der Waals surface area contributed by atoms with E-state index in [-0.39, 0.29) is 5.91 Å². The predicted molar refractivity (Wildman–Crippen MR) is 91.1 cm³/mol. The highest BCUT2D eigenvalue weighted by molar-refractivity contribution is 6.03. The first kappa shape index (κ1) is 14.3. The fourth-order valence-corrected chi connectivity index (χ4v) is 3.20. The molecule has 2 heterocycles. The highest BCUT2D eigenvalue weighted by atomic mass is 16.1. The average Bonchev–Trinajstić information content (AvgIpc) is 3.05. The van der Waals surface area contributed by atoms with Crippen molar-refractivity contribution >= 4 is 17.3 Å². The Morgan fingerprint density at radius 1 is 1.26 bits per heavy atom. The van der Waals surface area contributed by atoms with E-state index in [0.717, 1.165) is 30.0 Å². The Morgan fingerprint density at radius 3 is 2.74 bits per heavy atom. The monoisotopic (exact) mass is 310 g/mol. The third kappa shape index (κ3) is 2.96. The van der Waals surface area contributed by atoms with Crippen molar-refractivity contribution in [3.63, 3.8) is 0 Å². The number of amides is 1. The first-order chi connectivity index (χ1) is 11.2. The highest BCUT2D eigenvalue weighted by Gasteiger charge is 2.26. The van der Waals surface area contributed by atoms with Gasteiger partial charge in [0.25, 0.3) is 5.91 Å². The summed E-state index contributed by atoms with van der Waals surface area (Å²) in [5.74, 6) is 0.427. The number of hydrogen-bond acceptors (Lipinski definition) is 3. The molecular formula is C18H22N4O. The molecule has 0 radical (unpaired) electrons. The Balaban J connectivity index is 1.47. The fourth-order valence-electron chi connectivity index (χ4n) is 3.20. The smallest absolute Gasteiger partial charge is 0.276 e. The number of hydrogen-bond donors (Lipinski definition) is 2. The molecule has 1 saturated heterocycles. The van der Waals surface area contributed by atoms with Gasteiger partial charge in [-0.3, -0.25) is 9.89 Å². The van der Waals surface area contributed by atoms with E-state index in [1.165, 1.54) is 31.4 Å². The lowest BCUT2D eigenvalue weighted by Gasteiger charge is -2.19. The van der Waals surface area contributed by atoms with Crippen molar-refractivity contribution in [2.24, 2.45) is 0 Å². The molecule has 5 heteroatoms. The number of aryl methyl sites for hydroxylation is 1. The number of H-pyrrole nitrogens is 1. The molecule has 5 nitrogen and oxygen atoms in total. The second-order valence-electron chi connectivity index (χ2n) is 6.63. The topological polar surface area (TPSA) is 61.0 Å². The molecular weight excluding hydrogens is 288 g/mol. The van der Waals surface area contributed by atoms with Gasteiger partial charge in [0.05, 0.1) is 0 Å². The summed E-state index contributed by atoms with van der Waals surface area (Å²) in [7, 11) is 0. The zero-order valence-electron chi connectivity index (χ0n) is 13.4. The molecule has 0 atom stereocenters. The van der Waals surface area contributed by atoms with E-state index in [0.29, 0.717) is 11.6 Å². The van der Waals surface area contributed by atoms with Crippen molar-refractivity contribution in [1.82, 2.24) is 10.2 Å². The number of benzene rings is 1. The van der Waals surface area contributed by atoms with E-state index in [1.54, 1.807) is 0 Å². The minimum atomic E-state index is -0.148. The van der Waals surface area contributed by atoms with Crippen LogP contribution in [0.25, 0.3) is 0 Å². The van der Waals surface area contributed by atoms with E-state index in [1.807, 2.05) is 19.1 Å². The van der Waals surface area contributed by atoms with Crippen LogP contribution in [0.4, 0.5) is 11.4 Å². The lowest BCUT2D eigenvalue weighted by Crippen LogP contribution is -2.18. The van der Waals surface area contributed by atoms with E-state index >= 15 is 0 Å². The Labute approximate surface area is 136 Å². The normalized spacial score (nSPS) is 17.5. The SMILES string of the molecule is Cc1cc(N2CCCC2)ccc1NC(=O)c1cc(C2CC2)[nH]n1. The molecule has 1 saturated carbocycles. The molecule has 0 unspecified atom stereocenters. The Hall–Kier alpha value is -2.30. The third-order valence-corrected chi connectivity index (χ3v) is 4.78. The first-order valence-electron chi connectivity index (χ1n) is 8.43. The summed E-state index contributed by atoms with van der Waals surface area (Å²) in [4.78, 5) is 14.8. The molecule has 120 valence electrons. The molecule has 1 aliphatic carbocycles. The summed E-state index contributed by atoms with van der Waals surface area (Å²) in [5, 5.41) is 10.1. The summed E-state index contributed by atoms with van der Waals surface area (Å²) in [6.07, 6.45) is 4.92. The maximum absolute atomic E-state index is 12.4. The van der Waals surface area contributed by atoms with Crippen molar-refractivity contribution in [2.75, 3.05) is 23.3 Å². The lowest BCUT2D eigenvalue weighted by molar-refractivity contribution is 0.102. The Bertz CT molecular complexity index is 726. The molecule has 4 rings (SSSR count). The second-order valence-corrected chi connectivity index (χ2v) is 6.63. The number of carbonyl (C=O) groups excluding carboxylic acids is 1. The van der Waals surface area contributed by atoms with Gasteiger partial charge in [0, 0.05) is 36.1 Å². The van der Waals surface area contributed by atoms with Gasteiger partial charge in [0.1, 0.15) is 0 Å². The molecule has 2 aromatic rings. The van der Waals surface area contributed by atoms with Gasteiger partial charge in [0.2, 0.25) is 0 Å². The van der Waals surface area contributed by atoms with Gasteiger partial charge in [-0.05, 0) is 62.4 Å². The van der Waals surface area contributed by atoms with Crippen LogP contribution < -0.4 is 10.2 Å². The van der Waals surface area contributed by atoms with Crippen molar-refractivity contribution in [3.05, 3.63) is 41.2 Å². The van der Waals surface area contributed by atoms with Crippen LogP contribution in [0.15, 0.2) is 24.3 Å². The van der Waals surface area contributed by atoms with Crippen molar-refractivity contribution in [3.8, 4) is 0 Å². The van der Waals surface area contributed by atoms with Crippen molar-refractivity contribution in [2.45, 2.75) is 38.5 Å². The van der Waals surface area contributed by atoms with Crippen LogP contribution in [0.5, 0.6) is 0 Å². The number of anilines is 2. The quantitative estimate of drug-likeness (QED) is 0.909. The van der Waals surface area contributed by atoms with Crippen LogP contribution in [-0.2, 0) is 0 Å². The molecule has 1 aliphatic heterocycles. The van der Waals surface area contributed by atoms with Crippen LogP contribution in [-0.4, -0.2) is 29.2 Å². The molecule has 0 bridgehead atoms. The number of carbonyl (C=O) groups is 1. The zero-order valence-corrected chi connectivity index (χ0v) is 13.4. The Kier molecular flexibility index (Phi) is 3.56. The fraction of sp³-hybridized carbons (Fsp3) is 0.444. The highest BCUT2D eigenvalue weighted by Crippen LogP contribution is 2.39. The second kappa shape index (κ2) is 5.72. The summed E-state index contributed by atoms with van der Waals surface area (Å²) in [6.45, 7) is 4.29. The Morgan fingerprint density at radius 2 is 2.04 bits per heavy atom. The van der Waals surface area contributed by atoms with Gasteiger partial charge in [-0.15, -0.1) is 0 Å². The summed E-state index contributed by atoms with van der Waals surface area (Å²) < 4.78 is 0. The van der Waals surface area contributed by atoms with Crippen LogP contribution in [0.2, 0.25) is 0 Å². The largest absolute Gasteiger partial charge is 0.372 e. The summed E-state index contributed by atoms with van der Waals surface area (Å²) in [5.41, 5.74) is 4.73. The van der Waals surface area contributed by atoms with Gasteiger partial charge in [-0.25, -0.2) is 0 Å². The van der Waals surface area contributed by atoms with Gasteiger partial charge in [0.15, 0.2) is 5.69 Å². The minimum absolute atomic E-state index is 0.148. The number of nitrogens with zero attached hydrogens (tertiary/aromatic N) is 2. The summed E-state index contributed by atoms with van der Waals surface area (Å²) in [6, 6.07) is 8.12. The summed E-state index contributed by atoms with van der Waals surface area (Å²) >= 11 is 0.